The number of ketones is 1. The lowest BCUT2D eigenvalue weighted by Crippen LogP contribution is -2.16. The van der Waals surface area contributed by atoms with Crippen molar-refractivity contribution in [3.63, 3.8) is 0 Å². The topological polar surface area (TPSA) is 74.6 Å². The average Bonchev–Trinajstić information content (AvgIpc) is 2.15. The number of hydrogen-bond donors (Lipinski definition) is 2. The summed E-state index contributed by atoms with van der Waals surface area (Å²) in [5, 5.41) is 18.0. The molecule has 0 saturated heterocycles. The maximum atomic E-state index is 11.3. The van der Waals surface area contributed by atoms with Crippen molar-refractivity contribution in [2.24, 2.45) is 0 Å². The molecule has 0 spiro atoms. The number of hydrogen-bond acceptors (Lipinski definition) is 3. The average molecular weight is 222 g/mol. The first-order valence-electron chi connectivity index (χ1n) is 4.84. The minimum absolute atomic E-state index is 0.167. The fourth-order valence-electron chi connectivity index (χ4n) is 1.30. The molecule has 0 aliphatic heterocycles. The van der Waals surface area contributed by atoms with E-state index < -0.39 is 11.8 Å². The molecule has 0 aromatic heterocycles. The third-order valence-corrected chi connectivity index (χ3v) is 2.30. The molecule has 0 atom stereocenters. The second-order valence-electron chi connectivity index (χ2n) is 4.62. The Morgan fingerprint density at radius 1 is 1.19 bits per heavy atom. The molecule has 0 aliphatic rings. The third kappa shape index (κ3) is 2.39. The Balaban J connectivity index is 3.30. The molecule has 1 aromatic rings. The molecule has 86 valence electrons. The molecule has 0 unspecified atom stereocenters. The first-order chi connectivity index (χ1) is 7.23. The Kier molecular flexibility index (Phi) is 3.03. The zero-order chi connectivity index (χ0) is 12.5. The van der Waals surface area contributed by atoms with Crippen LogP contribution >= 0.6 is 0 Å². The zero-order valence-corrected chi connectivity index (χ0v) is 9.44. The number of benzene rings is 1. The van der Waals surface area contributed by atoms with E-state index in [-0.39, 0.29) is 16.7 Å². The summed E-state index contributed by atoms with van der Waals surface area (Å²) in [4.78, 5) is 21.8. The van der Waals surface area contributed by atoms with Crippen molar-refractivity contribution in [3.05, 3.63) is 29.3 Å². The first-order valence-corrected chi connectivity index (χ1v) is 4.84. The van der Waals surface area contributed by atoms with Gasteiger partial charge in [0.15, 0.2) is 0 Å². The van der Waals surface area contributed by atoms with Crippen LogP contribution in [-0.4, -0.2) is 22.0 Å². The van der Waals surface area contributed by atoms with E-state index in [4.69, 9.17) is 5.11 Å². The van der Waals surface area contributed by atoms with Crippen LogP contribution in [0.3, 0.4) is 0 Å². The zero-order valence-electron chi connectivity index (χ0n) is 9.44. The molecule has 0 bridgehead atoms. The molecular formula is C12H14O4. The molecule has 0 fully saturated rings. The summed E-state index contributed by atoms with van der Waals surface area (Å²) < 4.78 is 0. The van der Waals surface area contributed by atoms with Crippen molar-refractivity contribution in [2.75, 3.05) is 0 Å². The Morgan fingerprint density at radius 2 is 1.75 bits per heavy atom. The SMILES string of the molecule is CC(C)(C)c1ccc(O)c(C(=O)C(=O)O)c1. The number of carboxylic acids is 1. The molecule has 0 heterocycles. The predicted molar refractivity (Wildman–Crippen MR) is 58.8 cm³/mol. The monoisotopic (exact) mass is 222 g/mol. The summed E-state index contributed by atoms with van der Waals surface area (Å²) in [6.07, 6.45) is 0. The van der Waals surface area contributed by atoms with E-state index in [2.05, 4.69) is 0 Å². The van der Waals surface area contributed by atoms with Crippen molar-refractivity contribution in [3.8, 4) is 5.75 Å². The number of phenolic OH excluding ortho intramolecular Hbond substituents is 1. The van der Waals surface area contributed by atoms with E-state index in [9.17, 15) is 14.7 Å². The first kappa shape index (κ1) is 12.2. The van der Waals surface area contributed by atoms with Crippen LogP contribution in [0.4, 0.5) is 0 Å². The van der Waals surface area contributed by atoms with Crippen molar-refractivity contribution in [2.45, 2.75) is 26.2 Å². The molecule has 0 radical (unpaired) electrons. The van der Waals surface area contributed by atoms with E-state index in [0.29, 0.717) is 0 Å². The maximum Gasteiger partial charge on any atom is 0.377 e. The third-order valence-electron chi connectivity index (χ3n) is 2.30. The number of Topliss-reactive ketones (excluding diaryl/α,β-unsaturated/α-hetero) is 1. The van der Waals surface area contributed by atoms with E-state index in [1.54, 1.807) is 6.07 Å². The standard InChI is InChI=1S/C12H14O4/c1-12(2,3)7-4-5-9(13)8(6-7)10(14)11(15)16/h4-6,13H,1-3H3,(H,15,16). The fourth-order valence-corrected chi connectivity index (χ4v) is 1.30. The van der Waals surface area contributed by atoms with Crippen LogP contribution in [0, 0.1) is 0 Å². The van der Waals surface area contributed by atoms with Crippen LogP contribution in [0.2, 0.25) is 0 Å². The van der Waals surface area contributed by atoms with Crippen molar-refractivity contribution in [1.82, 2.24) is 0 Å². The van der Waals surface area contributed by atoms with Crippen molar-refractivity contribution >= 4 is 11.8 Å². The van der Waals surface area contributed by atoms with Crippen LogP contribution < -0.4 is 0 Å². The Bertz CT molecular complexity index is 441. The largest absolute Gasteiger partial charge is 0.507 e. The number of rotatable bonds is 2. The van der Waals surface area contributed by atoms with Gasteiger partial charge in [0.05, 0.1) is 5.56 Å². The van der Waals surface area contributed by atoms with Crippen molar-refractivity contribution < 1.29 is 19.8 Å². The van der Waals surface area contributed by atoms with Gasteiger partial charge in [-0.1, -0.05) is 26.8 Å². The van der Waals surface area contributed by atoms with Crippen LogP contribution in [0.1, 0.15) is 36.7 Å². The molecular weight excluding hydrogens is 208 g/mol. The Morgan fingerprint density at radius 3 is 2.19 bits per heavy atom. The van der Waals surface area contributed by atoms with Gasteiger partial charge >= 0.3 is 5.97 Å². The van der Waals surface area contributed by atoms with Crippen LogP contribution in [0.5, 0.6) is 5.75 Å². The van der Waals surface area contributed by atoms with Gasteiger partial charge in [-0.15, -0.1) is 0 Å². The van der Waals surface area contributed by atoms with Gasteiger partial charge in [-0.2, -0.15) is 0 Å². The van der Waals surface area contributed by atoms with E-state index >= 15 is 0 Å². The molecule has 1 rings (SSSR count). The van der Waals surface area contributed by atoms with Gasteiger partial charge in [0.25, 0.3) is 5.78 Å². The highest BCUT2D eigenvalue weighted by molar-refractivity contribution is 6.40. The summed E-state index contributed by atoms with van der Waals surface area (Å²) in [5.74, 6) is -2.97. The number of carbonyl (C=O) groups is 2. The summed E-state index contributed by atoms with van der Waals surface area (Å²) in [5.41, 5.74) is 0.427. The van der Waals surface area contributed by atoms with Gasteiger partial charge in [0.2, 0.25) is 0 Å². The number of carboxylic acid groups (broad SMARTS) is 1. The minimum atomic E-state index is -1.57. The highest BCUT2D eigenvalue weighted by atomic mass is 16.4. The molecule has 16 heavy (non-hydrogen) atoms. The molecule has 2 N–H and O–H groups in total. The van der Waals surface area contributed by atoms with Gasteiger partial charge in [-0.05, 0) is 23.1 Å². The van der Waals surface area contributed by atoms with E-state index in [1.165, 1.54) is 12.1 Å². The summed E-state index contributed by atoms with van der Waals surface area (Å²) >= 11 is 0. The van der Waals surface area contributed by atoms with Gasteiger partial charge in [-0.25, -0.2) is 4.79 Å². The molecule has 4 nitrogen and oxygen atoms in total. The summed E-state index contributed by atoms with van der Waals surface area (Å²) in [6, 6.07) is 4.44. The van der Waals surface area contributed by atoms with Gasteiger partial charge in [-0.3, -0.25) is 4.79 Å². The predicted octanol–water partition coefficient (Wildman–Crippen LogP) is 1.96. The number of aromatic hydroxyl groups is 1. The van der Waals surface area contributed by atoms with Crippen molar-refractivity contribution in [1.29, 1.82) is 0 Å². The highest BCUT2D eigenvalue weighted by Crippen LogP contribution is 2.27. The molecule has 4 heteroatoms. The van der Waals surface area contributed by atoms with E-state index in [1.807, 2.05) is 20.8 Å². The van der Waals surface area contributed by atoms with Gasteiger partial charge in [0, 0.05) is 0 Å². The number of carbonyl (C=O) groups excluding carboxylic acids is 1. The number of phenols is 1. The minimum Gasteiger partial charge on any atom is -0.507 e. The smallest absolute Gasteiger partial charge is 0.377 e. The lowest BCUT2D eigenvalue weighted by molar-refractivity contribution is -0.131. The fraction of sp³-hybridized carbons (Fsp3) is 0.333. The quantitative estimate of drug-likeness (QED) is 0.592. The van der Waals surface area contributed by atoms with Crippen LogP contribution in [0.25, 0.3) is 0 Å². The second kappa shape index (κ2) is 3.96. The maximum absolute atomic E-state index is 11.3. The Hall–Kier alpha value is -1.84. The Labute approximate surface area is 93.5 Å². The summed E-state index contributed by atoms with van der Waals surface area (Å²) in [6.45, 7) is 5.82. The summed E-state index contributed by atoms with van der Waals surface area (Å²) in [7, 11) is 0. The normalized spacial score (nSPS) is 11.2. The molecule has 0 aliphatic carbocycles. The van der Waals surface area contributed by atoms with Crippen LogP contribution in [-0.2, 0) is 10.2 Å². The lowest BCUT2D eigenvalue weighted by Gasteiger charge is -2.19. The molecule has 1 aromatic carbocycles. The van der Waals surface area contributed by atoms with Gasteiger partial charge in [0.1, 0.15) is 5.75 Å². The van der Waals surface area contributed by atoms with Crippen LogP contribution in [0.15, 0.2) is 18.2 Å². The lowest BCUT2D eigenvalue weighted by atomic mass is 9.85. The van der Waals surface area contributed by atoms with E-state index in [0.717, 1.165) is 5.56 Å². The van der Waals surface area contributed by atoms with Gasteiger partial charge < -0.3 is 10.2 Å². The molecule has 0 amide bonds. The highest BCUT2D eigenvalue weighted by Gasteiger charge is 2.22. The molecule has 0 saturated carbocycles. The number of aliphatic carboxylic acids is 1. The second-order valence-corrected chi connectivity index (χ2v) is 4.62.